The molecule has 1 aromatic rings. The average Bonchev–Trinajstić information content (AvgIpc) is 2.53. The molecule has 1 N–H and O–H groups in total. The Balaban J connectivity index is 2.96. The SMILES string of the molecule is CCC(Cc1cc(OC)c(CCF)cc1OC)NC(=O)OC(C)(C)C. The summed E-state index contributed by atoms with van der Waals surface area (Å²) in [4.78, 5) is 12.0. The number of benzene rings is 1. The third-order valence-electron chi connectivity index (χ3n) is 3.73. The molecule has 0 saturated heterocycles. The van der Waals surface area contributed by atoms with Crippen LogP contribution in [0.25, 0.3) is 0 Å². The van der Waals surface area contributed by atoms with Gasteiger partial charge in [0, 0.05) is 18.0 Å². The minimum absolute atomic E-state index is 0.111. The first-order valence-electron chi connectivity index (χ1n) is 8.53. The lowest BCUT2D eigenvalue weighted by Crippen LogP contribution is -2.40. The third kappa shape index (κ3) is 6.80. The van der Waals surface area contributed by atoms with Crippen LogP contribution in [0.3, 0.4) is 0 Å². The lowest BCUT2D eigenvalue weighted by molar-refractivity contribution is 0.0502. The lowest BCUT2D eigenvalue weighted by atomic mass is 9.99. The molecule has 0 aliphatic rings. The smallest absolute Gasteiger partial charge is 0.407 e. The Morgan fingerprint density at radius 2 is 1.72 bits per heavy atom. The molecule has 25 heavy (non-hydrogen) atoms. The Morgan fingerprint density at radius 1 is 1.16 bits per heavy atom. The molecule has 0 aliphatic heterocycles. The summed E-state index contributed by atoms with van der Waals surface area (Å²) in [5, 5.41) is 2.88. The molecule has 1 unspecified atom stereocenters. The summed E-state index contributed by atoms with van der Waals surface area (Å²) in [6.07, 6.45) is 1.12. The van der Waals surface area contributed by atoms with Crippen molar-refractivity contribution >= 4 is 6.09 Å². The highest BCUT2D eigenvalue weighted by molar-refractivity contribution is 5.68. The number of halogens is 1. The molecule has 142 valence electrons. The molecule has 0 fully saturated rings. The fraction of sp³-hybridized carbons (Fsp3) is 0.632. The maximum absolute atomic E-state index is 12.7. The van der Waals surface area contributed by atoms with Gasteiger partial charge in [-0.05, 0) is 51.3 Å². The molecule has 0 spiro atoms. The highest BCUT2D eigenvalue weighted by atomic mass is 19.1. The number of amides is 1. The second-order valence-corrected chi connectivity index (χ2v) is 6.87. The first kappa shape index (κ1) is 21.1. The van der Waals surface area contributed by atoms with Gasteiger partial charge in [0.2, 0.25) is 0 Å². The van der Waals surface area contributed by atoms with E-state index in [1.165, 1.54) is 0 Å². The Labute approximate surface area is 149 Å². The van der Waals surface area contributed by atoms with E-state index in [4.69, 9.17) is 14.2 Å². The Morgan fingerprint density at radius 3 is 2.20 bits per heavy atom. The monoisotopic (exact) mass is 355 g/mol. The van der Waals surface area contributed by atoms with E-state index in [1.807, 2.05) is 33.8 Å². The van der Waals surface area contributed by atoms with E-state index >= 15 is 0 Å². The molecule has 0 bridgehead atoms. The third-order valence-corrected chi connectivity index (χ3v) is 3.73. The van der Waals surface area contributed by atoms with Crippen molar-refractivity contribution in [1.82, 2.24) is 5.32 Å². The summed E-state index contributed by atoms with van der Waals surface area (Å²) < 4.78 is 28.8. The van der Waals surface area contributed by atoms with Gasteiger partial charge in [-0.3, -0.25) is 4.39 Å². The Hall–Kier alpha value is -1.98. The van der Waals surface area contributed by atoms with Gasteiger partial charge in [0.25, 0.3) is 0 Å². The van der Waals surface area contributed by atoms with Crippen LogP contribution in [0.1, 0.15) is 45.2 Å². The molecular formula is C19H30FNO4. The van der Waals surface area contributed by atoms with Crippen LogP contribution in [0.5, 0.6) is 11.5 Å². The van der Waals surface area contributed by atoms with Crippen molar-refractivity contribution in [3.05, 3.63) is 23.3 Å². The maximum Gasteiger partial charge on any atom is 0.407 e. The normalized spacial score (nSPS) is 12.4. The minimum atomic E-state index is -0.544. The molecule has 0 saturated carbocycles. The van der Waals surface area contributed by atoms with Crippen LogP contribution in [-0.4, -0.2) is 38.6 Å². The maximum atomic E-state index is 12.7. The summed E-state index contributed by atoms with van der Waals surface area (Å²) in [5.74, 6) is 1.29. The highest BCUT2D eigenvalue weighted by Crippen LogP contribution is 2.30. The number of nitrogens with one attached hydrogen (secondary N) is 1. The second kappa shape index (κ2) is 9.49. The predicted molar refractivity (Wildman–Crippen MR) is 96.4 cm³/mol. The van der Waals surface area contributed by atoms with Crippen LogP contribution in [0.4, 0.5) is 9.18 Å². The van der Waals surface area contributed by atoms with Crippen LogP contribution >= 0.6 is 0 Å². The van der Waals surface area contributed by atoms with Gasteiger partial charge in [0.15, 0.2) is 0 Å². The fourth-order valence-corrected chi connectivity index (χ4v) is 2.52. The Bertz CT molecular complexity index is 569. The number of carbonyl (C=O) groups is 1. The molecule has 0 heterocycles. The van der Waals surface area contributed by atoms with E-state index in [2.05, 4.69) is 5.32 Å². The number of methoxy groups -OCH3 is 2. The molecule has 5 nitrogen and oxygen atoms in total. The lowest BCUT2D eigenvalue weighted by Gasteiger charge is -2.24. The first-order chi connectivity index (χ1) is 11.7. The standard InChI is InChI=1S/C19H30FNO4/c1-7-15(21-18(22)25-19(2,3)4)10-14-12-16(23-5)13(8-9-20)11-17(14)24-6/h11-12,15H,7-10H2,1-6H3,(H,21,22). The molecule has 1 aromatic carbocycles. The largest absolute Gasteiger partial charge is 0.496 e. The quantitative estimate of drug-likeness (QED) is 0.764. The van der Waals surface area contributed by atoms with Gasteiger partial charge in [-0.15, -0.1) is 0 Å². The van der Waals surface area contributed by atoms with Crippen LogP contribution in [-0.2, 0) is 17.6 Å². The van der Waals surface area contributed by atoms with Crippen molar-refractivity contribution < 1.29 is 23.4 Å². The van der Waals surface area contributed by atoms with Gasteiger partial charge in [-0.2, -0.15) is 0 Å². The number of alkyl carbamates (subject to hydrolysis) is 1. The van der Waals surface area contributed by atoms with Crippen molar-refractivity contribution in [2.24, 2.45) is 0 Å². The summed E-state index contributed by atoms with van der Waals surface area (Å²) in [6.45, 7) is 7.00. The van der Waals surface area contributed by atoms with Crippen LogP contribution < -0.4 is 14.8 Å². The van der Waals surface area contributed by atoms with Gasteiger partial charge in [-0.1, -0.05) is 6.92 Å². The van der Waals surface area contributed by atoms with Crippen LogP contribution in [0.2, 0.25) is 0 Å². The molecule has 1 rings (SSSR count). The molecule has 1 amide bonds. The van der Waals surface area contributed by atoms with Crippen molar-refractivity contribution in [1.29, 1.82) is 0 Å². The van der Waals surface area contributed by atoms with E-state index < -0.39 is 18.4 Å². The average molecular weight is 355 g/mol. The zero-order valence-electron chi connectivity index (χ0n) is 16.1. The molecular weight excluding hydrogens is 325 g/mol. The van der Waals surface area contributed by atoms with Crippen LogP contribution in [0, 0.1) is 0 Å². The van der Waals surface area contributed by atoms with Gasteiger partial charge in [0.1, 0.15) is 17.1 Å². The zero-order chi connectivity index (χ0) is 19.0. The van der Waals surface area contributed by atoms with Crippen molar-refractivity contribution in [3.8, 4) is 11.5 Å². The van der Waals surface area contributed by atoms with Gasteiger partial charge < -0.3 is 19.5 Å². The van der Waals surface area contributed by atoms with E-state index in [1.54, 1.807) is 20.3 Å². The summed E-state index contributed by atoms with van der Waals surface area (Å²) in [6, 6.07) is 3.54. The summed E-state index contributed by atoms with van der Waals surface area (Å²) in [7, 11) is 3.14. The zero-order valence-corrected chi connectivity index (χ0v) is 16.1. The number of carbonyl (C=O) groups excluding carboxylic acids is 1. The van der Waals surface area contributed by atoms with Gasteiger partial charge in [0.05, 0.1) is 20.9 Å². The Kier molecular flexibility index (Phi) is 8.00. The molecule has 6 heteroatoms. The number of ether oxygens (including phenoxy) is 3. The van der Waals surface area contributed by atoms with Gasteiger partial charge in [-0.25, -0.2) is 4.79 Å². The van der Waals surface area contributed by atoms with Crippen molar-refractivity contribution in [2.75, 3.05) is 20.9 Å². The summed E-state index contributed by atoms with van der Waals surface area (Å²) >= 11 is 0. The summed E-state index contributed by atoms with van der Waals surface area (Å²) in [5.41, 5.74) is 1.11. The fourth-order valence-electron chi connectivity index (χ4n) is 2.52. The molecule has 0 aliphatic carbocycles. The topological polar surface area (TPSA) is 56.8 Å². The molecule has 1 atom stereocenters. The van der Waals surface area contributed by atoms with E-state index in [-0.39, 0.29) is 12.5 Å². The van der Waals surface area contributed by atoms with Crippen molar-refractivity contribution in [2.45, 2.75) is 58.6 Å². The number of hydrogen-bond donors (Lipinski definition) is 1. The van der Waals surface area contributed by atoms with E-state index in [9.17, 15) is 9.18 Å². The van der Waals surface area contributed by atoms with Crippen LogP contribution in [0.15, 0.2) is 12.1 Å². The predicted octanol–water partition coefficient (Wildman–Crippen LogP) is 4.06. The van der Waals surface area contributed by atoms with Gasteiger partial charge >= 0.3 is 6.09 Å². The number of hydrogen-bond acceptors (Lipinski definition) is 4. The minimum Gasteiger partial charge on any atom is -0.496 e. The highest BCUT2D eigenvalue weighted by Gasteiger charge is 2.20. The number of alkyl halides is 1. The second-order valence-electron chi connectivity index (χ2n) is 6.87. The molecule has 0 radical (unpaired) electrons. The van der Waals surface area contributed by atoms with E-state index in [0.717, 1.165) is 17.5 Å². The van der Waals surface area contributed by atoms with Crippen molar-refractivity contribution in [3.63, 3.8) is 0 Å². The van der Waals surface area contributed by atoms with E-state index in [0.29, 0.717) is 17.9 Å². The first-order valence-corrected chi connectivity index (χ1v) is 8.53. The number of rotatable bonds is 8. The molecule has 0 aromatic heterocycles. The number of aryl methyl sites for hydroxylation is 1.